The molecule has 0 saturated heterocycles. The molecular weight excluding hydrogens is 253 g/mol. The maximum atomic E-state index is 13.7. The van der Waals surface area contributed by atoms with Gasteiger partial charge in [0.15, 0.2) is 0 Å². The highest BCUT2D eigenvalue weighted by atomic mass is 19.1. The number of hydrogen-bond acceptors (Lipinski definition) is 2. The monoisotopic (exact) mass is 275 g/mol. The van der Waals surface area contributed by atoms with Crippen LogP contribution in [0, 0.1) is 5.82 Å². The Hall–Kier alpha value is -1.45. The highest BCUT2D eigenvalue weighted by Crippen LogP contribution is 2.22. The van der Waals surface area contributed by atoms with Gasteiger partial charge in [-0.25, -0.2) is 4.39 Å². The summed E-state index contributed by atoms with van der Waals surface area (Å²) in [6.45, 7) is 6.46. The highest BCUT2D eigenvalue weighted by Gasteiger charge is 2.05. The van der Waals surface area contributed by atoms with Gasteiger partial charge in [-0.2, -0.15) is 0 Å². The third-order valence-corrected chi connectivity index (χ3v) is 3.28. The maximum Gasteiger partial charge on any atom is 0.131 e. The van der Waals surface area contributed by atoms with E-state index in [0.717, 1.165) is 23.9 Å². The van der Waals surface area contributed by atoms with E-state index in [9.17, 15) is 4.39 Å². The van der Waals surface area contributed by atoms with Gasteiger partial charge < -0.3 is 10.1 Å². The predicted octanol–water partition coefficient (Wildman–Crippen LogP) is 3.54. The number of hydrogen-bond donors (Lipinski definition) is 1. The van der Waals surface area contributed by atoms with Crippen molar-refractivity contribution in [3.05, 3.63) is 47.8 Å². The summed E-state index contributed by atoms with van der Waals surface area (Å²) in [6, 6.07) is 11.5. The summed E-state index contributed by atoms with van der Waals surface area (Å²) in [5.41, 5.74) is 1.14. The molecule has 2 aromatic carbocycles. The maximum absolute atomic E-state index is 13.7. The topological polar surface area (TPSA) is 21.3 Å². The van der Waals surface area contributed by atoms with Crippen LogP contribution in [0.4, 0.5) is 4.39 Å². The van der Waals surface area contributed by atoms with Crippen molar-refractivity contribution in [2.45, 2.75) is 26.3 Å². The van der Waals surface area contributed by atoms with Crippen LogP contribution in [-0.4, -0.2) is 25.8 Å². The standard InChI is InChI=1S/C17H22FNO/c1-13(2)19-10-12-20-11-9-14-7-8-17(18)16-6-4-3-5-15(14)16/h3-8,13,19H,9-12H2,1-2H3. The Bertz CT molecular complexity index is 554. The van der Waals surface area contributed by atoms with Crippen LogP contribution in [0.5, 0.6) is 0 Å². The molecule has 0 amide bonds. The number of nitrogens with one attached hydrogen (secondary N) is 1. The molecule has 0 aliphatic rings. The van der Waals surface area contributed by atoms with Gasteiger partial charge in [0.1, 0.15) is 5.82 Å². The fourth-order valence-electron chi connectivity index (χ4n) is 2.25. The Kier molecular flexibility index (Phi) is 5.50. The summed E-state index contributed by atoms with van der Waals surface area (Å²) in [4.78, 5) is 0. The Labute approximate surface area is 119 Å². The molecule has 3 heteroatoms. The molecule has 2 nitrogen and oxygen atoms in total. The van der Waals surface area contributed by atoms with Crippen molar-refractivity contribution in [1.82, 2.24) is 5.32 Å². The van der Waals surface area contributed by atoms with Gasteiger partial charge >= 0.3 is 0 Å². The molecule has 0 aliphatic heterocycles. The van der Waals surface area contributed by atoms with Crippen LogP contribution in [0.15, 0.2) is 36.4 Å². The zero-order valence-electron chi connectivity index (χ0n) is 12.2. The van der Waals surface area contributed by atoms with E-state index in [-0.39, 0.29) is 5.82 Å². The quantitative estimate of drug-likeness (QED) is 0.780. The van der Waals surface area contributed by atoms with E-state index in [4.69, 9.17) is 4.74 Å². The first-order chi connectivity index (χ1) is 9.68. The molecule has 0 saturated carbocycles. The number of halogens is 1. The molecule has 0 radical (unpaired) electrons. The summed E-state index contributed by atoms with van der Waals surface area (Å²) in [5.74, 6) is -0.161. The fraction of sp³-hybridized carbons (Fsp3) is 0.412. The SMILES string of the molecule is CC(C)NCCOCCc1ccc(F)c2ccccc12. The van der Waals surface area contributed by atoms with Crippen molar-refractivity contribution in [3.8, 4) is 0 Å². The van der Waals surface area contributed by atoms with E-state index < -0.39 is 0 Å². The lowest BCUT2D eigenvalue weighted by molar-refractivity contribution is 0.137. The van der Waals surface area contributed by atoms with Crippen LogP contribution in [-0.2, 0) is 11.2 Å². The number of ether oxygens (including phenoxy) is 1. The van der Waals surface area contributed by atoms with Crippen molar-refractivity contribution in [1.29, 1.82) is 0 Å². The second-order valence-electron chi connectivity index (χ2n) is 5.22. The lowest BCUT2D eigenvalue weighted by Crippen LogP contribution is -2.26. The van der Waals surface area contributed by atoms with E-state index in [1.165, 1.54) is 6.07 Å². The average Bonchev–Trinajstić information content (AvgIpc) is 2.45. The number of fused-ring (bicyclic) bond motifs is 1. The van der Waals surface area contributed by atoms with Crippen molar-refractivity contribution < 1.29 is 9.13 Å². The van der Waals surface area contributed by atoms with Crippen LogP contribution in [0.1, 0.15) is 19.4 Å². The Morgan fingerprint density at radius 3 is 2.55 bits per heavy atom. The van der Waals surface area contributed by atoms with Gasteiger partial charge in [-0.05, 0) is 23.4 Å². The van der Waals surface area contributed by atoms with Crippen LogP contribution >= 0.6 is 0 Å². The van der Waals surface area contributed by atoms with Crippen molar-refractivity contribution in [2.24, 2.45) is 0 Å². The van der Waals surface area contributed by atoms with E-state index in [1.54, 1.807) is 0 Å². The van der Waals surface area contributed by atoms with Gasteiger partial charge in [-0.3, -0.25) is 0 Å². The van der Waals surface area contributed by atoms with Crippen LogP contribution < -0.4 is 5.32 Å². The minimum Gasteiger partial charge on any atom is -0.380 e. The summed E-state index contributed by atoms with van der Waals surface area (Å²) in [5, 5.41) is 4.98. The third kappa shape index (κ3) is 4.02. The summed E-state index contributed by atoms with van der Waals surface area (Å²) in [7, 11) is 0. The lowest BCUT2D eigenvalue weighted by Gasteiger charge is -2.10. The zero-order valence-corrected chi connectivity index (χ0v) is 12.2. The highest BCUT2D eigenvalue weighted by molar-refractivity contribution is 5.86. The Balaban J connectivity index is 1.89. The Morgan fingerprint density at radius 2 is 1.80 bits per heavy atom. The van der Waals surface area contributed by atoms with Gasteiger partial charge in [0.25, 0.3) is 0 Å². The number of benzene rings is 2. The van der Waals surface area contributed by atoms with Crippen LogP contribution in [0.25, 0.3) is 10.8 Å². The van der Waals surface area contributed by atoms with Crippen LogP contribution in [0.3, 0.4) is 0 Å². The summed E-state index contributed by atoms with van der Waals surface area (Å²) < 4.78 is 19.3. The first kappa shape index (κ1) is 14.9. The largest absolute Gasteiger partial charge is 0.380 e. The predicted molar refractivity (Wildman–Crippen MR) is 81.6 cm³/mol. The van der Waals surface area contributed by atoms with E-state index in [1.807, 2.05) is 30.3 Å². The molecule has 0 aliphatic carbocycles. The molecular formula is C17H22FNO. The van der Waals surface area contributed by atoms with Gasteiger partial charge in [-0.1, -0.05) is 44.2 Å². The van der Waals surface area contributed by atoms with Crippen LogP contribution in [0.2, 0.25) is 0 Å². The van der Waals surface area contributed by atoms with E-state index in [0.29, 0.717) is 24.6 Å². The van der Waals surface area contributed by atoms with Gasteiger partial charge in [0.2, 0.25) is 0 Å². The average molecular weight is 275 g/mol. The molecule has 2 aromatic rings. The lowest BCUT2D eigenvalue weighted by atomic mass is 10.0. The number of rotatable bonds is 7. The van der Waals surface area contributed by atoms with E-state index >= 15 is 0 Å². The second kappa shape index (κ2) is 7.36. The second-order valence-corrected chi connectivity index (χ2v) is 5.22. The molecule has 0 atom stereocenters. The first-order valence-electron chi connectivity index (χ1n) is 7.15. The molecule has 0 aromatic heterocycles. The normalized spacial score (nSPS) is 11.4. The molecule has 1 N–H and O–H groups in total. The molecule has 0 bridgehead atoms. The summed E-state index contributed by atoms with van der Waals surface area (Å²) >= 11 is 0. The van der Waals surface area contributed by atoms with E-state index in [2.05, 4.69) is 19.2 Å². The molecule has 0 heterocycles. The summed E-state index contributed by atoms with van der Waals surface area (Å²) in [6.07, 6.45) is 0.808. The van der Waals surface area contributed by atoms with Crippen molar-refractivity contribution >= 4 is 10.8 Å². The van der Waals surface area contributed by atoms with Gasteiger partial charge in [0, 0.05) is 18.0 Å². The minimum absolute atomic E-state index is 0.161. The fourth-order valence-corrected chi connectivity index (χ4v) is 2.25. The first-order valence-corrected chi connectivity index (χ1v) is 7.15. The zero-order chi connectivity index (χ0) is 14.4. The smallest absolute Gasteiger partial charge is 0.131 e. The van der Waals surface area contributed by atoms with Gasteiger partial charge in [0.05, 0.1) is 13.2 Å². The molecule has 108 valence electrons. The molecule has 0 fully saturated rings. The molecule has 0 spiro atoms. The van der Waals surface area contributed by atoms with Crippen molar-refractivity contribution in [2.75, 3.05) is 19.8 Å². The molecule has 20 heavy (non-hydrogen) atoms. The van der Waals surface area contributed by atoms with Gasteiger partial charge in [-0.15, -0.1) is 0 Å². The molecule has 0 unspecified atom stereocenters. The Morgan fingerprint density at radius 1 is 1.05 bits per heavy atom. The minimum atomic E-state index is -0.161. The third-order valence-electron chi connectivity index (χ3n) is 3.28. The molecule has 2 rings (SSSR count). The van der Waals surface area contributed by atoms with Crippen molar-refractivity contribution in [3.63, 3.8) is 0 Å².